The van der Waals surface area contributed by atoms with Gasteiger partial charge in [-0.15, -0.1) is 5.10 Å². The predicted molar refractivity (Wildman–Crippen MR) is 112 cm³/mol. The second-order valence-corrected chi connectivity index (χ2v) is 7.23. The Morgan fingerprint density at radius 2 is 2.00 bits per heavy atom. The van der Waals surface area contributed by atoms with Gasteiger partial charge in [0, 0.05) is 5.56 Å². The summed E-state index contributed by atoms with van der Waals surface area (Å²) in [6.45, 7) is 2.89. The number of hydrogen-bond acceptors (Lipinski definition) is 7. The molecule has 3 heterocycles. The minimum atomic E-state index is -0.437. The van der Waals surface area contributed by atoms with Gasteiger partial charge in [0.1, 0.15) is 17.4 Å². The summed E-state index contributed by atoms with van der Waals surface area (Å²) in [7, 11) is 0. The molecule has 8 nitrogen and oxygen atoms in total. The molecule has 2 aliphatic rings. The van der Waals surface area contributed by atoms with E-state index in [1.165, 1.54) is 0 Å². The van der Waals surface area contributed by atoms with E-state index in [2.05, 4.69) is 23.2 Å². The molecule has 1 atom stereocenters. The van der Waals surface area contributed by atoms with Gasteiger partial charge in [0.25, 0.3) is 0 Å². The van der Waals surface area contributed by atoms with Gasteiger partial charge in [-0.05, 0) is 42.3 Å². The summed E-state index contributed by atoms with van der Waals surface area (Å²) in [5, 5.41) is 17.2. The highest BCUT2D eigenvalue weighted by Crippen LogP contribution is 2.47. The molecule has 0 amide bonds. The maximum absolute atomic E-state index is 9.86. The third kappa shape index (κ3) is 3.20. The molecule has 5 rings (SSSR count). The van der Waals surface area contributed by atoms with E-state index in [9.17, 15) is 5.26 Å². The molecule has 0 spiro atoms. The maximum Gasteiger partial charge on any atom is 0.244 e. The molecule has 0 unspecified atom stereocenters. The van der Waals surface area contributed by atoms with Gasteiger partial charge in [0.2, 0.25) is 18.6 Å². The normalized spacial score (nSPS) is 16.5. The number of aromatic nitrogens is 2. The minimum absolute atomic E-state index is 0.0510. The van der Waals surface area contributed by atoms with Crippen molar-refractivity contribution in [3.05, 3.63) is 65.0 Å². The first-order chi connectivity index (χ1) is 15.2. The number of nitrogens with zero attached hydrogens (tertiary/aromatic N) is 2. The van der Waals surface area contributed by atoms with Gasteiger partial charge in [-0.2, -0.15) is 5.26 Å². The Morgan fingerprint density at radius 1 is 1.19 bits per heavy atom. The van der Waals surface area contributed by atoms with Crippen molar-refractivity contribution in [1.82, 2.24) is 10.2 Å². The van der Waals surface area contributed by atoms with E-state index in [-0.39, 0.29) is 12.7 Å². The standard InChI is InChI=1S/C23H20N4O4/c1-2-9-28-15-6-3-13(4-7-15)19-16(11-24)22(25)31-23-20(19)21(26-27-23)14-5-8-17-18(10-14)30-12-29-17/h3-8,10,19H,2,9,12,25H2,1H3,(H,26,27)/t19-/m1/s1. The molecule has 3 N–H and O–H groups in total. The minimum Gasteiger partial charge on any atom is -0.494 e. The number of nitrogens with two attached hydrogens (primary N) is 1. The van der Waals surface area contributed by atoms with Gasteiger partial charge in [0.15, 0.2) is 11.5 Å². The van der Waals surface area contributed by atoms with Crippen LogP contribution in [0, 0.1) is 11.3 Å². The summed E-state index contributed by atoms with van der Waals surface area (Å²) in [5.74, 6) is 2.08. The molecular weight excluding hydrogens is 396 g/mol. The predicted octanol–water partition coefficient (Wildman–Crippen LogP) is 3.81. The van der Waals surface area contributed by atoms with Crippen LogP contribution in [0.4, 0.5) is 0 Å². The van der Waals surface area contributed by atoms with E-state index < -0.39 is 5.92 Å². The zero-order valence-corrected chi connectivity index (χ0v) is 16.8. The van der Waals surface area contributed by atoms with Crippen LogP contribution in [0.25, 0.3) is 11.3 Å². The van der Waals surface area contributed by atoms with Crippen molar-refractivity contribution < 1.29 is 18.9 Å². The highest BCUT2D eigenvalue weighted by Gasteiger charge is 2.35. The van der Waals surface area contributed by atoms with Crippen LogP contribution < -0.4 is 24.7 Å². The van der Waals surface area contributed by atoms with E-state index in [1.54, 1.807) is 0 Å². The summed E-state index contributed by atoms with van der Waals surface area (Å²) < 4.78 is 22.3. The number of ether oxygens (including phenoxy) is 4. The summed E-state index contributed by atoms with van der Waals surface area (Å²) in [4.78, 5) is 0. The van der Waals surface area contributed by atoms with Crippen molar-refractivity contribution in [3.8, 4) is 40.5 Å². The lowest BCUT2D eigenvalue weighted by molar-refractivity contribution is 0.174. The van der Waals surface area contributed by atoms with Crippen molar-refractivity contribution in [2.24, 2.45) is 5.73 Å². The molecule has 1 aromatic heterocycles. The number of aromatic amines is 1. The average molecular weight is 416 g/mol. The molecule has 0 radical (unpaired) electrons. The molecular formula is C23H20N4O4. The molecule has 0 saturated carbocycles. The Labute approximate surface area is 178 Å². The first-order valence-electron chi connectivity index (χ1n) is 9.98. The Balaban J connectivity index is 1.60. The molecule has 0 fully saturated rings. The van der Waals surface area contributed by atoms with Gasteiger partial charge in [-0.3, -0.25) is 5.10 Å². The van der Waals surface area contributed by atoms with Crippen molar-refractivity contribution in [2.45, 2.75) is 19.3 Å². The maximum atomic E-state index is 9.86. The number of rotatable bonds is 5. The fourth-order valence-electron chi connectivity index (χ4n) is 3.83. The van der Waals surface area contributed by atoms with Crippen LogP contribution >= 0.6 is 0 Å². The van der Waals surface area contributed by atoms with Crippen molar-refractivity contribution in [1.29, 1.82) is 5.26 Å². The first kappa shape index (κ1) is 18.9. The summed E-state index contributed by atoms with van der Waals surface area (Å²) in [6, 6.07) is 15.5. The van der Waals surface area contributed by atoms with Crippen molar-refractivity contribution in [3.63, 3.8) is 0 Å². The molecule has 156 valence electrons. The molecule has 0 saturated heterocycles. The third-order valence-corrected chi connectivity index (χ3v) is 5.29. The molecule has 3 aromatic rings. The Bertz CT molecular complexity index is 1210. The van der Waals surface area contributed by atoms with Crippen LogP contribution in [0.2, 0.25) is 0 Å². The topological polar surface area (TPSA) is 115 Å². The van der Waals surface area contributed by atoms with E-state index >= 15 is 0 Å². The molecule has 0 aliphatic carbocycles. The van der Waals surface area contributed by atoms with Crippen LogP contribution in [0.3, 0.4) is 0 Å². The van der Waals surface area contributed by atoms with Gasteiger partial charge >= 0.3 is 0 Å². The quantitative estimate of drug-likeness (QED) is 0.650. The number of H-pyrrole nitrogens is 1. The second-order valence-electron chi connectivity index (χ2n) is 7.23. The summed E-state index contributed by atoms with van der Waals surface area (Å²) in [6.07, 6.45) is 0.927. The fourth-order valence-corrected chi connectivity index (χ4v) is 3.83. The van der Waals surface area contributed by atoms with E-state index in [1.807, 2.05) is 42.5 Å². The largest absolute Gasteiger partial charge is 0.494 e. The number of hydrogen-bond donors (Lipinski definition) is 2. The molecule has 2 aliphatic heterocycles. The average Bonchev–Trinajstić information content (AvgIpc) is 3.43. The molecule has 8 heteroatoms. The summed E-state index contributed by atoms with van der Waals surface area (Å²) in [5.41, 5.74) is 9.60. The zero-order chi connectivity index (χ0) is 21.4. The summed E-state index contributed by atoms with van der Waals surface area (Å²) >= 11 is 0. The Kier molecular flexibility index (Phi) is 4.64. The van der Waals surface area contributed by atoms with Crippen LogP contribution in [0.15, 0.2) is 53.9 Å². The van der Waals surface area contributed by atoms with Gasteiger partial charge < -0.3 is 24.7 Å². The van der Waals surface area contributed by atoms with E-state index in [4.69, 9.17) is 24.7 Å². The number of benzene rings is 2. The highest BCUT2D eigenvalue weighted by molar-refractivity contribution is 5.73. The van der Waals surface area contributed by atoms with Crippen LogP contribution in [0.1, 0.15) is 30.4 Å². The monoisotopic (exact) mass is 416 g/mol. The Morgan fingerprint density at radius 3 is 2.77 bits per heavy atom. The first-order valence-corrected chi connectivity index (χ1v) is 9.98. The second kappa shape index (κ2) is 7.61. The molecule has 31 heavy (non-hydrogen) atoms. The van der Waals surface area contributed by atoms with Crippen molar-refractivity contribution >= 4 is 0 Å². The third-order valence-electron chi connectivity index (χ3n) is 5.29. The number of nitriles is 1. The number of fused-ring (bicyclic) bond motifs is 2. The van der Waals surface area contributed by atoms with Crippen LogP contribution in [0.5, 0.6) is 23.1 Å². The van der Waals surface area contributed by atoms with Gasteiger partial charge in [-0.25, -0.2) is 0 Å². The molecule has 2 aromatic carbocycles. The van der Waals surface area contributed by atoms with E-state index in [0.29, 0.717) is 29.6 Å². The molecule has 0 bridgehead atoms. The fraction of sp³-hybridized carbons (Fsp3) is 0.217. The Hall–Kier alpha value is -4.12. The van der Waals surface area contributed by atoms with Crippen LogP contribution in [-0.4, -0.2) is 23.6 Å². The lowest BCUT2D eigenvalue weighted by atomic mass is 9.83. The van der Waals surface area contributed by atoms with E-state index in [0.717, 1.165) is 34.6 Å². The SMILES string of the molecule is CCCOc1ccc([C@@H]2C(C#N)=C(N)Oc3n[nH]c(-c4ccc5c(c4)OCO5)c32)cc1. The van der Waals surface area contributed by atoms with Crippen LogP contribution in [-0.2, 0) is 0 Å². The number of allylic oxidation sites excluding steroid dienone is 1. The van der Waals surface area contributed by atoms with Gasteiger partial charge in [-0.1, -0.05) is 19.1 Å². The smallest absolute Gasteiger partial charge is 0.244 e. The van der Waals surface area contributed by atoms with Crippen molar-refractivity contribution in [2.75, 3.05) is 13.4 Å². The zero-order valence-electron chi connectivity index (χ0n) is 16.8. The highest BCUT2D eigenvalue weighted by atomic mass is 16.7. The number of nitrogens with one attached hydrogen (secondary N) is 1. The lowest BCUT2D eigenvalue weighted by Gasteiger charge is -2.24. The lowest BCUT2D eigenvalue weighted by Crippen LogP contribution is -2.21. The van der Waals surface area contributed by atoms with Gasteiger partial charge in [0.05, 0.1) is 23.8 Å².